The van der Waals surface area contributed by atoms with Crippen molar-refractivity contribution >= 4 is 5.78 Å². The van der Waals surface area contributed by atoms with Crippen LogP contribution in [0.25, 0.3) is 0 Å². The van der Waals surface area contributed by atoms with Gasteiger partial charge < -0.3 is 0 Å². The zero-order valence-electron chi connectivity index (χ0n) is 7.34. The van der Waals surface area contributed by atoms with E-state index in [1.165, 1.54) is 5.57 Å². The Morgan fingerprint density at radius 3 is 2.83 bits per heavy atom. The molecule has 0 spiro atoms. The molecule has 0 unspecified atom stereocenters. The van der Waals surface area contributed by atoms with Crippen LogP contribution in [0.5, 0.6) is 0 Å². The lowest BCUT2D eigenvalue weighted by molar-refractivity contribution is -0.114. The molecule has 0 heterocycles. The number of ketones is 1. The summed E-state index contributed by atoms with van der Waals surface area (Å²) in [6.07, 6.45) is 9.29. The van der Waals surface area contributed by atoms with Crippen molar-refractivity contribution in [1.82, 2.24) is 0 Å². The number of hydrogen-bond acceptors (Lipinski definition) is 1. The molecule has 1 heteroatoms. The number of carbonyl (C=O) groups excluding carboxylic acids is 1. The van der Waals surface area contributed by atoms with E-state index in [0.717, 1.165) is 18.4 Å². The molecule has 0 saturated heterocycles. The molecular formula is C11H13O. The molecule has 0 amide bonds. The van der Waals surface area contributed by atoms with E-state index >= 15 is 0 Å². The van der Waals surface area contributed by atoms with Gasteiger partial charge in [-0.05, 0) is 26.2 Å². The van der Waals surface area contributed by atoms with Crippen LogP contribution in [0.2, 0.25) is 0 Å². The molecule has 1 nitrogen and oxygen atoms in total. The van der Waals surface area contributed by atoms with E-state index < -0.39 is 0 Å². The first-order valence-electron chi connectivity index (χ1n) is 4.53. The SMILES string of the molecule is CC1=C([C@H]2C=CCC2)C(=O)C[CH]1. The molecular weight excluding hydrogens is 148 g/mol. The molecule has 0 bridgehead atoms. The minimum absolute atomic E-state index is 0.337. The molecule has 63 valence electrons. The van der Waals surface area contributed by atoms with Crippen LogP contribution >= 0.6 is 0 Å². The monoisotopic (exact) mass is 161 g/mol. The van der Waals surface area contributed by atoms with E-state index in [9.17, 15) is 4.79 Å². The Kier molecular flexibility index (Phi) is 1.87. The molecule has 2 aliphatic rings. The zero-order chi connectivity index (χ0) is 8.55. The van der Waals surface area contributed by atoms with Gasteiger partial charge in [0.25, 0.3) is 0 Å². The van der Waals surface area contributed by atoms with Crippen molar-refractivity contribution in [2.24, 2.45) is 5.92 Å². The predicted octanol–water partition coefficient (Wildman–Crippen LogP) is 2.45. The molecule has 1 atom stereocenters. The van der Waals surface area contributed by atoms with Crippen LogP contribution in [0.3, 0.4) is 0 Å². The fraction of sp³-hybridized carbons (Fsp3) is 0.455. The maximum Gasteiger partial charge on any atom is 0.160 e. The summed E-state index contributed by atoms with van der Waals surface area (Å²) in [7, 11) is 0. The lowest BCUT2D eigenvalue weighted by Crippen LogP contribution is -2.05. The number of hydrogen-bond donors (Lipinski definition) is 0. The maximum absolute atomic E-state index is 11.4. The normalized spacial score (nSPS) is 29.1. The zero-order valence-corrected chi connectivity index (χ0v) is 7.34. The minimum atomic E-state index is 0.337. The lowest BCUT2D eigenvalue weighted by Gasteiger charge is -2.08. The second-order valence-corrected chi connectivity index (χ2v) is 3.54. The van der Waals surface area contributed by atoms with Crippen LogP contribution in [-0.4, -0.2) is 5.78 Å². The van der Waals surface area contributed by atoms with Crippen molar-refractivity contribution in [3.63, 3.8) is 0 Å². The van der Waals surface area contributed by atoms with Crippen LogP contribution in [0.4, 0.5) is 0 Å². The van der Waals surface area contributed by atoms with Gasteiger partial charge in [-0.25, -0.2) is 0 Å². The summed E-state index contributed by atoms with van der Waals surface area (Å²) in [6, 6.07) is 0. The van der Waals surface area contributed by atoms with Crippen molar-refractivity contribution in [2.75, 3.05) is 0 Å². The summed E-state index contributed by atoms with van der Waals surface area (Å²) in [4.78, 5) is 11.4. The third kappa shape index (κ3) is 1.13. The highest BCUT2D eigenvalue weighted by atomic mass is 16.1. The van der Waals surface area contributed by atoms with Crippen LogP contribution in [0.1, 0.15) is 26.2 Å². The minimum Gasteiger partial charge on any atom is -0.295 e. The van der Waals surface area contributed by atoms with Crippen molar-refractivity contribution in [1.29, 1.82) is 0 Å². The maximum atomic E-state index is 11.4. The summed E-state index contributed by atoms with van der Waals surface area (Å²) in [5.41, 5.74) is 2.28. The van der Waals surface area contributed by atoms with Crippen molar-refractivity contribution in [3.05, 3.63) is 29.7 Å². The Morgan fingerprint density at radius 1 is 1.50 bits per heavy atom. The standard InChI is InChI=1S/C11H13O/c1-8-6-7-10(12)11(8)9-4-2-3-5-9/h2,4,6,9H,3,5,7H2,1H3/t9-/m0/s1. The van der Waals surface area contributed by atoms with Crippen molar-refractivity contribution < 1.29 is 4.79 Å². The van der Waals surface area contributed by atoms with Gasteiger partial charge in [0.1, 0.15) is 0 Å². The molecule has 0 N–H and O–H groups in total. The first kappa shape index (κ1) is 7.78. The number of carbonyl (C=O) groups is 1. The highest BCUT2D eigenvalue weighted by molar-refractivity contribution is 6.01. The van der Waals surface area contributed by atoms with Crippen molar-refractivity contribution in [2.45, 2.75) is 26.2 Å². The van der Waals surface area contributed by atoms with Gasteiger partial charge in [0.05, 0.1) is 0 Å². The summed E-state index contributed by atoms with van der Waals surface area (Å²) >= 11 is 0. The third-order valence-corrected chi connectivity index (χ3v) is 2.70. The third-order valence-electron chi connectivity index (χ3n) is 2.70. The Labute approximate surface area is 73.2 Å². The Morgan fingerprint density at radius 2 is 2.33 bits per heavy atom. The highest BCUT2D eigenvalue weighted by Crippen LogP contribution is 2.33. The average molecular weight is 161 g/mol. The molecule has 0 fully saturated rings. The van der Waals surface area contributed by atoms with E-state index in [-0.39, 0.29) is 0 Å². The van der Waals surface area contributed by atoms with E-state index in [1.54, 1.807) is 0 Å². The average Bonchev–Trinajstić information content (AvgIpc) is 2.61. The number of rotatable bonds is 1. The lowest BCUT2D eigenvalue weighted by atomic mass is 9.95. The van der Waals surface area contributed by atoms with Gasteiger partial charge in [0.2, 0.25) is 0 Å². The quantitative estimate of drug-likeness (QED) is 0.540. The first-order valence-corrected chi connectivity index (χ1v) is 4.53. The fourth-order valence-corrected chi connectivity index (χ4v) is 2.06. The predicted molar refractivity (Wildman–Crippen MR) is 48.5 cm³/mol. The second-order valence-electron chi connectivity index (χ2n) is 3.54. The molecule has 0 aromatic carbocycles. The number of allylic oxidation sites excluding steroid dienone is 4. The summed E-state index contributed by atoms with van der Waals surface area (Å²) in [6.45, 7) is 2.05. The molecule has 12 heavy (non-hydrogen) atoms. The van der Waals surface area contributed by atoms with Gasteiger partial charge >= 0.3 is 0 Å². The Bertz CT molecular complexity index is 271. The first-order chi connectivity index (χ1) is 5.79. The van der Waals surface area contributed by atoms with Crippen LogP contribution in [0, 0.1) is 12.3 Å². The van der Waals surface area contributed by atoms with Gasteiger partial charge in [-0.1, -0.05) is 17.7 Å². The molecule has 0 aliphatic heterocycles. The molecule has 0 aromatic heterocycles. The molecule has 1 radical (unpaired) electrons. The van der Waals surface area contributed by atoms with Crippen LogP contribution in [-0.2, 0) is 4.79 Å². The van der Waals surface area contributed by atoms with Gasteiger partial charge in [0.15, 0.2) is 5.78 Å². The summed E-state index contributed by atoms with van der Waals surface area (Å²) in [5, 5.41) is 0. The van der Waals surface area contributed by atoms with Gasteiger partial charge in [-0.2, -0.15) is 0 Å². The Hall–Kier alpha value is -0.850. The highest BCUT2D eigenvalue weighted by Gasteiger charge is 2.27. The molecule has 2 rings (SSSR count). The smallest absolute Gasteiger partial charge is 0.160 e. The van der Waals surface area contributed by atoms with Crippen LogP contribution in [0.15, 0.2) is 23.3 Å². The summed E-state index contributed by atoms with van der Waals surface area (Å²) in [5.74, 6) is 0.764. The van der Waals surface area contributed by atoms with Gasteiger partial charge in [-0.3, -0.25) is 4.79 Å². The van der Waals surface area contributed by atoms with Gasteiger partial charge in [0, 0.05) is 17.9 Å². The molecule has 0 aromatic rings. The number of Topliss-reactive ketones (excluding diaryl/α,β-unsaturated/α-hetero) is 1. The fourth-order valence-electron chi connectivity index (χ4n) is 2.06. The Balaban J connectivity index is 2.26. The second kappa shape index (κ2) is 2.89. The summed E-state index contributed by atoms with van der Waals surface area (Å²) < 4.78 is 0. The molecule has 0 saturated carbocycles. The molecule has 2 aliphatic carbocycles. The largest absolute Gasteiger partial charge is 0.295 e. The van der Waals surface area contributed by atoms with E-state index in [1.807, 2.05) is 13.3 Å². The topological polar surface area (TPSA) is 17.1 Å². The van der Waals surface area contributed by atoms with Gasteiger partial charge in [-0.15, -0.1) is 0 Å². The van der Waals surface area contributed by atoms with E-state index in [0.29, 0.717) is 18.1 Å². The van der Waals surface area contributed by atoms with E-state index in [2.05, 4.69) is 12.2 Å². The van der Waals surface area contributed by atoms with E-state index in [4.69, 9.17) is 0 Å². The van der Waals surface area contributed by atoms with Crippen molar-refractivity contribution in [3.8, 4) is 0 Å². The van der Waals surface area contributed by atoms with Crippen LogP contribution < -0.4 is 0 Å².